The van der Waals surface area contributed by atoms with E-state index in [1.54, 1.807) is 0 Å². The van der Waals surface area contributed by atoms with E-state index >= 15 is 0 Å². The van der Waals surface area contributed by atoms with Gasteiger partial charge < -0.3 is 11.1 Å². The standard InChI is InChI=1S/C28H26N6OS2/c1-16(2)17-7-9-18(10-8-17)25-21(14-30)26(32)34-27(22(25)15-31)36-12-11-24(35)33-28-20(13-29)19-5-3-4-6-23(19)37-28/h7-10,16H,3-6,11-12H2,1-2H3,(H2,32,34)(H,33,35). The van der Waals surface area contributed by atoms with Gasteiger partial charge in [-0.2, -0.15) is 15.8 Å². The summed E-state index contributed by atoms with van der Waals surface area (Å²) in [5.41, 5.74) is 10.5. The molecular formula is C28H26N6OS2. The number of thiophene rings is 1. The van der Waals surface area contributed by atoms with E-state index in [1.165, 1.54) is 28.0 Å². The summed E-state index contributed by atoms with van der Waals surface area (Å²) in [5.74, 6) is 0.562. The normalized spacial score (nSPS) is 12.3. The maximum absolute atomic E-state index is 12.7. The number of rotatable bonds is 7. The largest absolute Gasteiger partial charge is 0.383 e. The molecule has 0 fully saturated rings. The van der Waals surface area contributed by atoms with Gasteiger partial charge in [-0.05, 0) is 48.3 Å². The molecule has 37 heavy (non-hydrogen) atoms. The second kappa shape index (κ2) is 11.5. The Labute approximate surface area is 224 Å². The van der Waals surface area contributed by atoms with Crippen LogP contribution in [0.25, 0.3) is 11.1 Å². The molecule has 3 N–H and O–H groups in total. The molecule has 0 radical (unpaired) electrons. The molecule has 7 nitrogen and oxygen atoms in total. The molecule has 1 aliphatic rings. The van der Waals surface area contributed by atoms with Gasteiger partial charge in [0.15, 0.2) is 0 Å². The van der Waals surface area contributed by atoms with Gasteiger partial charge in [0.1, 0.15) is 39.6 Å². The van der Waals surface area contributed by atoms with Crippen LogP contribution in [-0.4, -0.2) is 16.6 Å². The summed E-state index contributed by atoms with van der Waals surface area (Å²) in [5, 5.41) is 33.3. The maximum atomic E-state index is 12.7. The second-order valence-corrected chi connectivity index (χ2v) is 11.3. The predicted octanol–water partition coefficient (Wildman–Crippen LogP) is 6.13. The number of pyridine rings is 1. The zero-order valence-corrected chi connectivity index (χ0v) is 22.4. The van der Waals surface area contributed by atoms with E-state index in [0.717, 1.165) is 42.4 Å². The van der Waals surface area contributed by atoms with Crippen LogP contribution in [0.15, 0.2) is 29.3 Å². The van der Waals surface area contributed by atoms with Gasteiger partial charge in [-0.25, -0.2) is 4.98 Å². The lowest BCUT2D eigenvalue weighted by molar-refractivity contribution is -0.115. The Bertz CT molecular complexity index is 1470. The van der Waals surface area contributed by atoms with Gasteiger partial charge in [0.2, 0.25) is 5.91 Å². The number of amides is 1. The molecule has 2 aromatic heterocycles. The highest BCUT2D eigenvalue weighted by atomic mass is 32.2. The molecule has 186 valence electrons. The smallest absolute Gasteiger partial charge is 0.225 e. The van der Waals surface area contributed by atoms with Crippen molar-refractivity contribution in [1.82, 2.24) is 4.98 Å². The number of thioether (sulfide) groups is 1. The third-order valence-corrected chi connectivity index (χ3v) is 8.57. The summed E-state index contributed by atoms with van der Waals surface area (Å²) in [6.07, 6.45) is 4.17. The predicted molar refractivity (Wildman–Crippen MR) is 147 cm³/mol. The van der Waals surface area contributed by atoms with Gasteiger partial charge in [0.05, 0.1) is 11.1 Å². The number of nitrogens with zero attached hydrogens (tertiary/aromatic N) is 4. The number of hydrogen-bond acceptors (Lipinski definition) is 8. The summed E-state index contributed by atoms with van der Waals surface area (Å²) in [7, 11) is 0. The van der Waals surface area contributed by atoms with Gasteiger partial charge in [0.25, 0.3) is 0 Å². The molecule has 2 heterocycles. The number of aromatic nitrogens is 1. The first-order valence-electron chi connectivity index (χ1n) is 12.1. The van der Waals surface area contributed by atoms with Crippen LogP contribution in [0, 0.1) is 34.0 Å². The number of nitriles is 3. The molecule has 0 atom stereocenters. The lowest BCUT2D eigenvalue weighted by atomic mass is 9.94. The van der Waals surface area contributed by atoms with Crippen molar-refractivity contribution in [3.05, 3.63) is 57.0 Å². The fraction of sp³-hybridized carbons (Fsp3) is 0.321. The Morgan fingerprint density at radius 1 is 1.08 bits per heavy atom. The van der Waals surface area contributed by atoms with Crippen molar-refractivity contribution in [2.75, 3.05) is 16.8 Å². The fourth-order valence-electron chi connectivity index (χ4n) is 4.43. The minimum absolute atomic E-state index is 0.0548. The molecule has 0 aliphatic heterocycles. The summed E-state index contributed by atoms with van der Waals surface area (Å²) < 4.78 is 0. The first kappa shape index (κ1) is 26.2. The lowest BCUT2D eigenvalue weighted by Gasteiger charge is -2.14. The highest BCUT2D eigenvalue weighted by Crippen LogP contribution is 2.38. The third kappa shape index (κ3) is 5.47. The van der Waals surface area contributed by atoms with Crippen molar-refractivity contribution < 1.29 is 4.79 Å². The number of nitrogen functional groups attached to an aromatic ring is 1. The van der Waals surface area contributed by atoms with Crippen LogP contribution < -0.4 is 11.1 Å². The summed E-state index contributed by atoms with van der Waals surface area (Å²) in [6, 6.07) is 14.3. The van der Waals surface area contributed by atoms with Crippen molar-refractivity contribution in [2.45, 2.75) is 56.9 Å². The number of fused-ring (bicyclic) bond motifs is 1. The van der Waals surface area contributed by atoms with E-state index in [1.807, 2.05) is 24.3 Å². The Morgan fingerprint density at radius 3 is 2.41 bits per heavy atom. The Kier molecular flexibility index (Phi) is 8.14. The van der Waals surface area contributed by atoms with Crippen molar-refractivity contribution >= 4 is 39.8 Å². The molecule has 0 unspecified atom stereocenters. The molecule has 1 aromatic carbocycles. The minimum Gasteiger partial charge on any atom is -0.383 e. The van der Waals surface area contributed by atoms with E-state index in [9.17, 15) is 20.6 Å². The van der Waals surface area contributed by atoms with Crippen LogP contribution in [0.4, 0.5) is 10.8 Å². The first-order chi connectivity index (χ1) is 17.9. The van der Waals surface area contributed by atoms with Crippen molar-refractivity contribution in [1.29, 1.82) is 15.8 Å². The SMILES string of the molecule is CC(C)c1ccc(-c2c(C#N)c(N)nc(SCCC(=O)Nc3sc4c(c3C#N)CCCC4)c2C#N)cc1. The molecule has 4 rings (SSSR count). The van der Waals surface area contributed by atoms with Crippen LogP contribution in [0.3, 0.4) is 0 Å². The number of carbonyl (C=O) groups excluding carboxylic acids is 1. The first-order valence-corrected chi connectivity index (χ1v) is 13.9. The topological polar surface area (TPSA) is 139 Å². The van der Waals surface area contributed by atoms with Gasteiger partial charge >= 0.3 is 0 Å². The average Bonchev–Trinajstić information content (AvgIpc) is 3.25. The molecule has 1 amide bonds. The van der Waals surface area contributed by atoms with E-state index in [0.29, 0.717) is 32.8 Å². The average molecular weight is 527 g/mol. The van der Waals surface area contributed by atoms with Crippen LogP contribution >= 0.6 is 23.1 Å². The van der Waals surface area contributed by atoms with Gasteiger partial charge in [-0.3, -0.25) is 4.79 Å². The minimum atomic E-state index is -0.202. The van der Waals surface area contributed by atoms with Crippen molar-refractivity contribution in [3.8, 4) is 29.3 Å². The number of aryl methyl sites for hydroxylation is 1. The third-order valence-electron chi connectivity index (χ3n) is 6.39. The molecule has 0 spiro atoms. The van der Waals surface area contributed by atoms with E-state index in [4.69, 9.17) is 5.73 Å². The zero-order chi connectivity index (χ0) is 26.5. The van der Waals surface area contributed by atoms with Crippen LogP contribution in [0.2, 0.25) is 0 Å². The summed E-state index contributed by atoms with van der Waals surface area (Å²) in [6.45, 7) is 4.19. The summed E-state index contributed by atoms with van der Waals surface area (Å²) >= 11 is 2.75. The van der Waals surface area contributed by atoms with Crippen LogP contribution in [-0.2, 0) is 17.6 Å². The number of nitrogens with one attached hydrogen (secondary N) is 1. The van der Waals surface area contributed by atoms with Gasteiger partial charge in [-0.1, -0.05) is 38.1 Å². The van der Waals surface area contributed by atoms with Crippen LogP contribution in [0.5, 0.6) is 0 Å². The molecule has 1 aliphatic carbocycles. The van der Waals surface area contributed by atoms with Gasteiger partial charge in [-0.15, -0.1) is 23.1 Å². The van der Waals surface area contributed by atoms with Crippen molar-refractivity contribution in [2.24, 2.45) is 0 Å². The fourth-order valence-corrected chi connectivity index (χ4v) is 6.62. The monoisotopic (exact) mass is 526 g/mol. The highest BCUT2D eigenvalue weighted by molar-refractivity contribution is 7.99. The summed E-state index contributed by atoms with van der Waals surface area (Å²) in [4.78, 5) is 18.2. The molecule has 0 saturated heterocycles. The Morgan fingerprint density at radius 2 is 1.76 bits per heavy atom. The molecule has 9 heteroatoms. The zero-order valence-electron chi connectivity index (χ0n) is 20.7. The van der Waals surface area contributed by atoms with E-state index in [-0.39, 0.29) is 29.3 Å². The quantitative estimate of drug-likeness (QED) is 0.353. The van der Waals surface area contributed by atoms with Crippen molar-refractivity contribution in [3.63, 3.8) is 0 Å². The lowest BCUT2D eigenvalue weighted by Crippen LogP contribution is -2.12. The highest BCUT2D eigenvalue weighted by Gasteiger charge is 2.23. The number of anilines is 2. The number of benzene rings is 1. The van der Waals surface area contributed by atoms with E-state index in [2.05, 4.69) is 42.4 Å². The Hall–Kier alpha value is -3.84. The molecular weight excluding hydrogens is 500 g/mol. The van der Waals surface area contributed by atoms with Crippen LogP contribution in [0.1, 0.15) is 71.7 Å². The number of carbonyl (C=O) groups is 1. The van der Waals surface area contributed by atoms with E-state index < -0.39 is 0 Å². The second-order valence-electron chi connectivity index (χ2n) is 9.10. The molecule has 3 aromatic rings. The molecule has 0 bridgehead atoms. The molecule has 0 saturated carbocycles. The van der Waals surface area contributed by atoms with Gasteiger partial charge in [0, 0.05) is 22.6 Å². The number of hydrogen-bond donors (Lipinski definition) is 2. The Balaban J connectivity index is 1.53. The maximum Gasteiger partial charge on any atom is 0.225 e. The number of nitrogens with two attached hydrogens (primary N) is 1.